The predicted molar refractivity (Wildman–Crippen MR) is 93.6 cm³/mol. The first-order valence-corrected chi connectivity index (χ1v) is 8.58. The van der Waals surface area contributed by atoms with Gasteiger partial charge in [-0.25, -0.2) is 4.98 Å². The van der Waals surface area contributed by atoms with Crippen LogP contribution in [0.2, 0.25) is 0 Å². The van der Waals surface area contributed by atoms with Gasteiger partial charge in [0.05, 0.1) is 22.9 Å². The van der Waals surface area contributed by atoms with E-state index in [1.54, 1.807) is 23.9 Å². The zero-order valence-corrected chi connectivity index (χ0v) is 13.7. The molecule has 0 aliphatic rings. The first-order valence-electron chi connectivity index (χ1n) is 7.70. The van der Waals surface area contributed by atoms with E-state index in [1.807, 2.05) is 47.8 Å². The van der Waals surface area contributed by atoms with Crippen molar-refractivity contribution in [3.8, 4) is 10.8 Å². The quantitative estimate of drug-likeness (QED) is 0.545. The van der Waals surface area contributed by atoms with Crippen molar-refractivity contribution in [2.45, 2.75) is 12.6 Å². The van der Waals surface area contributed by atoms with E-state index in [1.165, 1.54) is 0 Å². The second-order valence-corrected chi connectivity index (χ2v) is 6.31. The van der Waals surface area contributed by atoms with E-state index >= 15 is 0 Å². The second-order valence-electron chi connectivity index (χ2n) is 5.36. The van der Waals surface area contributed by atoms with Crippen LogP contribution in [0.1, 0.15) is 23.1 Å². The van der Waals surface area contributed by atoms with Crippen LogP contribution in [0, 0.1) is 0 Å². The van der Waals surface area contributed by atoms with E-state index in [0.717, 1.165) is 21.9 Å². The highest BCUT2D eigenvalue weighted by atomic mass is 32.1. The number of rotatable bonds is 6. The first kappa shape index (κ1) is 14.9. The Balaban J connectivity index is 1.52. The molecule has 3 aromatic heterocycles. The molecule has 0 unspecified atom stereocenters. The fraction of sp³-hybridized carbons (Fsp3) is 0.105. The Morgan fingerprint density at radius 3 is 2.67 bits per heavy atom. The van der Waals surface area contributed by atoms with Crippen molar-refractivity contribution in [3.63, 3.8) is 0 Å². The summed E-state index contributed by atoms with van der Waals surface area (Å²) in [5.74, 6) is 1.54. The molecule has 4 rings (SSSR count). The van der Waals surface area contributed by atoms with E-state index in [-0.39, 0.29) is 6.04 Å². The van der Waals surface area contributed by atoms with Gasteiger partial charge in [0.2, 0.25) is 5.89 Å². The topological polar surface area (TPSA) is 51.2 Å². The van der Waals surface area contributed by atoms with Crippen LogP contribution in [-0.4, -0.2) is 4.98 Å². The molecule has 1 atom stereocenters. The molecule has 1 N–H and O–H groups in total. The maximum Gasteiger partial charge on any atom is 0.236 e. The smallest absolute Gasteiger partial charge is 0.236 e. The van der Waals surface area contributed by atoms with Crippen molar-refractivity contribution >= 4 is 11.3 Å². The zero-order chi connectivity index (χ0) is 16.2. The number of thiophene rings is 1. The van der Waals surface area contributed by atoms with Gasteiger partial charge in [0.25, 0.3) is 0 Å². The highest BCUT2D eigenvalue weighted by Gasteiger charge is 2.17. The Kier molecular flexibility index (Phi) is 4.27. The molecule has 1 aromatic carbocycles. The Hall–Kier alpha value is -2.63. The van der Waals surface area contributed by atoms with Gasteiger partial charge in [-0.2, -0.15) is 0 Å². The summed E-state index contributed by atoms with van der Waals surface area (Å²) in [6.45, 7) is 0.592. The van der Waals surface area contributed by atoms with Crippen LogP contribution in [0.3, 0.4) is 0 Å². The molecule has 0 aliphatic carbocycles. The molecule has 0 aliphatic heterocycles. The van der Waals surface area contributed by atoms with Crippen molar-refractivity contribution in [2.24, 2.45) is 0 Å². The molecule has 0 spiro atoms. The lowest BCUT2D eigenvalue weighted by molar-refractivity contribution is 0.444. The molecule has 0 fully saturated rings. The maximum absolute atomic E-state index is 5.60. The number of nitrogens with one attached hydrogen (secondary N) is 1. The average molecular weight is 336 g/mol. The zero-order valence-electron chi connectivity index (χ0n) is 12.9. The highest BCUT2D eigenvalue weighted by molar-refractivity contribution is 7.13. The van der Waals surface area contributed by atoms with Crippen LogP contribution in [0.5, 0.6) is 0 Å². The molecule has 0 radical (unpaired) electrons. The largest absolute Gasteiger partial charge is 0.467 e. The van der Waals surface area contributed by atoms with Gasteiger partial charge in [0, 0.05) is 6.54 Å². The molecule has 0 saturated heterocycles. The van der Waals surface area contributed by atoms with Crippen molar-refractivity contribution in [3.05, 3.63) is 89.5 Å². The van der Waals surface area contributed by atoms with Gasteiger partial charge in [-0.1, -0.05) is 36.4 Å². The lowest BCUT2D eigenvalue weighted by atomic mass is 10.0. The molecule has 24 heavy (non-hydrogen) atoms. The van der Waals surface area contributed by atoms with Crippen LogP contribution in [0.15, 0.2) is 81.3 Å². The fourth-order valence-electron chi connectivity index (χ4n) is 2.59. The average Bonchev–Trinajstić information content (AvgIpc) is 3.38. The third-order valence-corrected chi connectivity index (χ3v) is 4.59. The molecule has 3 heterocycles. The molecule has 4 aromatic rings. The van der Waals surface area contributed by atoms with Crippen LogP contribution < -0.4 is 5.32 Å². The van der Waals surface area contributed by atoms with E-state index in [2.05, 4.69) is 22.4 Å². The summed E-state index contributed by atoms with van der Waals surface area (Å²) in [6, 6.07) is 18.1. The summed E-state index contributed by atoms with van der Waals surface area (Å²) in [4.78, 5) is 5.58. The fourth-order valence-corrected chi connectivity index (χ4v) is 3.25. The summed E-state index contributed by atoms with van der Waals surface area (Å²) in [7, 11) is 0. The second kappa shape index (κ2) is 6.86. The minimum absolute atomic E-state index is 0.0249. The van der Waals surface area contributed by atoms with Crippen LogP contribution in [0.25, 0.3) is 10.8 Å². The number of hydrogen-bond acceptors (Lipinski definition) is 5. The molecular weight excluding hydrogens is 320 g/mol. The Bertz CT molecular complexity index is 867. The maximum atomic E-state index is 5.60. The minimum Gasteiger partial charge on any atom is -0.467 e. The van der Waals surface area contributed by atoms with Gasteiger partial charge in [0.1, 0.15) is 12.0 Å². The summed E-state index contributed by atoms with van der Waals surface area (Å²) >= 11 is 1.62. The number of furan rings is 1. The lowest BCUT2D eigenvalue weighted by Gasteiger charge is -2.16. The van der Waals surface area contributed by atoms with Crippen molar-refractivity contribution in [1.29, 1.82) is 0 Å². The van der Waals surface area contributed by atoms with Gasteiger partial charge in [-0.15, -0.1) is 11.3 Å². The molecular formula is C19H16N2O2S. The summed E-state index contributed by atoms with van der Waals surface area (Å²) < 4.78 is 11.2. The molecule has 120 valence electrons. The van der Waals surface area contributed by atoms with E-state index in [9.17, 15) is 0 Å². The van der Waals surface area contributed by atoms with Gasteiger partial charge in [-0.3, -0.25) is 5.32 Å². The summed E-state index contributed by atoms with van der Waals surface area (Å²) in [6.07, 6.45) is 3.39. The minimum atomic E-state index is -0.0249. The Labute approximate surface area is 143 Å². The van der Waals surface area contributed by atoms with Gasteiger partial charge >= 0.3 is 0 Å². The van der Waals surface area contributed by atoms with Gasteiger partial charge in [-0.05, 0) is 29.1 Å². The van der Waals surface area contributed by atoms with Crippen molar-refractivity contribution in [1.82, 2.24) is 10.3 Å². The molecule has 0 saturated carbocycles. The number of oxazole rings is 1. The Morgan fingerprint density at radius 2 is 1.92 bits per heavy atom. The summed E-state index contributed by atoms with van der Waals surface area (Å²) in [5.41, 5.74) is 2.01. The SMILES string of the molecule is c1ccc([C@H](NCc2coc(-c3cccs3)n2)c2ccco2)cc1. The summed E-state index contributed by atoms with van der Waals surface area (Å²) in [5, 5.41) is 5.51. The molecule has 0 bridgehead atoms. The molecule has 0 amide bonds. The first-order chi connectivity index (χ1) is 11.9. The standard InChI is InChI=1S/C19H16N2O2S/c1-2-6-14(7-3-1)18(16-8-4-10-22-16)20-12-15-13-23-19(21-15)17-9-5-11-24-17/h1-11,13,18,20H,12H2/t18-/m0/s1. The number of benzene rings is 1. The van der Waals surface area contributed by atoms with E-state index in [4.69, 9.17) is 8.83 Å². The lowest BCUT2D eigenvalue weighted by Crippen LogP contribution is -2.21. The normalized spacial score (nSPS) is 12.3. The van der Waals surface area contributed by atoms with Crippen molar-refractivity contribution in [2.75, 3.05) is 0 Å². The van der Waals surface area contributed by atoms with Crippen LogP contribution in [0.4, 0.5) is 0 Å². The van der Waals surface area contributed by atoms with Crippen LogP contribution in [-0.2, 0) is 6.54 Å². The predicted octanol–water partition coefficient (Wildman–Crippen LogP) is 4.88. The number of nitrogens with zero attached hydrogens (tertiary/aromatic N) is 1. The molecule has 4 nitrogen and oxygen atoms in total. The van der Waals surface area contributed by atoms with E-state index in [0.29, 0.717) is 12.4 Å². The van der Waals surface area contributed by atoms with Crippen molar-refractivity contribution < 1.29 is 8.83 Å². The highest BCUT2D eigenvalue weighted by Crippen LogP contribution is 2.25. The number of aromatic nitrogens is 1. The van der Waals surface area contributed by atoms with Gasteiger partial charge in [0.15, 0.2) is 0 Å². The third-order valence-electron chi connectivity index (χ3n) is 3.73. The number of hydrogen-bond donors (Lipinski definition) is 1. The molecule has 5 heteroatoms. The monoisotopic (exact) mass is 336 g/mol. The van der Waals surface area contributed by atoms with E-state index < -0.39 is 0 Å². The van der Waals surface area contributed by atoms with Gasteiger partial charge < -0.3 is 8.83 Å². The Morgan fingerprint density at radius 1 is 1.00 bits per heavy atom. The third kappa shape index (κ3) is 3.18. The van der Waals surface area contributed by atoms with Crippen LogP contribution >= 0.6 is 11.3 Å².